The van der Waals surface area contributed by atoms with Crippen LogP contribution in [0.3, 0.4) is 0 Å². The Bertz CT molecular complexity index is 501. The van der Waals surface area contributed by atoms with E-state index in [-0.39, 0.29) is 12.0 Å². The summed E-state index contributed by atoms with van der Waals surface area (Å²) in [4.78, 5) is 5.10. The molecule has 0 aromatic carbocycles. The molecule has 1 fully saturated rings. The summed E-state index contributed by atoms with van der Waals surface area (Å²) >= 11 is 7.23. The molecule has 3 rings (SSSR count). The van der Waals surface area contributed by atoms with Gasteiger partial charge >= 0.3 is 0 Å². The van der Waals surface area contributed by atoms with E-state index in [1.54, 1.807) is 0 Å². The molecule has 3 atom stereocenters. The Morgan fingerprint density at radius 3 is 2.62 bits per heavy atom. The third kappa shape index (κ3) is 3.71. The Balaban J connectivity index is 1.68. The van der Waals surface area contributed by atoms with Crippen LogP contribution in [0.25, 0.3) is 0 Å². The van der Waals surface area contributed by atoms with Gasteiger partial charge in [-0.15, -0.1) is 0 Å². The van der Waals surface area contributed by atoms with Gasteiger partial charge < -0.3 is 14.6 Å². The number of nitrogens with zero attached hydrogens (tertiary/aromatic N) is 1. The maximum atomic E-state index is 10.1. The van der Waals surface area contributed by atoms with Crippen molar-refractivity contribution in [2.24, 2.45) is 10.9 Å². The van der Waals surface area contributed by atoms with Crippen LogP contribution in [0, 0.1) is 5.92 Å². The van der Waals surface area contributed by atoms with Crippen LogP contribution in [-0.2, 0) is 9.47 Å². The minimum absolute atomic E-state index is 0.120. The third-order valence-electron chi connectivity index (χ3n) is 4.12. The van der Waals surface area contributed by atoms with E-state index in [1.807, 2.05) is 6.21 Å². The first kappa shape index (κ1) is 15.6. The normalized spacial score (nSPS) is 33.8. The van der Waals surface area contributed by atoms with Gasteiger partial charge in [0.05, 0.1) is 18.2 Å². The summed E-state index contributed by atoms with van der Waals surface area (Å²) in [5.74, 6) is 1.94. The van der Waals surface area contributed by atoms with Gasteiger partial charge in [0.25, 0.3) is 0 Å². The molecule has 0 saturated heterocycles. The smallest absolute Gasteiger partial charge is 0.140 e. The zero-order chi connectivity index (χ0) is 14.8. The summed E-state index contributed by atoms with van der Waals surface area (Å²) in [6.07, 6.45) is 5.78. The highest BCUT2D eigenvalue weighted by Crippen LogP contribution is 2.37. The molecule has 4 nitrogen and oxygen atoms in total. The summed E-state index contributed by atoms with van der Waals surface area (Å²) < 4.78 is 12.3. The Morgan fingerprint density at radius 2 is 1.86 bits per heavy atom. The van der Waals surface area contributed by atoms with E-state index in [4.69, 9.17) is 9.47 Å². The van der Waals surface area contributed by atoms with Gasteiger partial charge in [-0.25, -0.2) is 0 Å². The Labute approximate surface area is 141 Å². The van der Waals surface area contributed by atoms with Gasteiger partial charge in [-0.05, 0) is 19.3 Å². The Hall–Kier alpha value is -0.330. The van der Waals surface area contributed by atoms with Crippen molar-refractivity contribution in [2.75, 3.05) is 13.2 Å². The highest BCUT2D eigenvalue weighted by atomic mass is 79.9. The maximum Gasteiger partial charge on any atom is 0.140 e. The number of halogens is 2. The first-order chi connectivity index (χ1) is 10.1. The summed E-state index contributed by atoms with van der Waals surface area (Å²) in [6.45, 7) is 1.23. The highest BCUT2D eigenvalue weighted by Gasteiger charge is 2.28. The second-order valence-electron chi connectivity index (χ2n) is 5.67. The average molecular weight is 421 g/mol. The third-order valence-corrected chi connectivity index (χ3v) is 5.69. The second kappa shape index (κ2) is 6.84. The molecule has 116 valence electrons. The lowest BCUT2D eigenvalue weighted by atomic mass is 9.87. The average Bonchev–Trinajstić information content (AvgIpc) is 2.48. The first-order valence-corrected chi connectivity index (χ1v) is 9.06. The van der Waals surface area contributed by atoms with E-state index in [0.29, 0.717) is 30.9 Å². The van der Waals surface area contributed by atoms with Gasteiger partial charge in [0.1, 0.15) is 24.7 Å². The first-order valence-electron chi connectivity index (χ1n) is 7.35. The lowest BCUT2D eigenvalue weighted by molar-refractivity contribution is 0.0550. The predicted octanol–water partition coefficient (Wildman–Crippen LogP) is 3.64. The van der Waals surface area contributed by atoms with Crippen molar-refractivity contribution in [1.82, 2.24) is 0 Å². The van der Waals surface area contributed by atoms with E-state index in [2.05, 4.69) is 36.9 Å². The topological polar surface area (TPSA) is 51.1 Å². The largest absolute Gasteiger partial charge is 0.490 e. The molecule has 0 aromatic rings. The highest BCUT2D eigenvalue weighted by molar-refractivity contribution is 9.11. The zero-order valence-electron chi connectivity index (χ0n) is 11.7. The van der Waals surface area contributed by atoms with Crippen molar-refractivity contribution in [3.8, 4) is 0 Å². The molecule has 21 heavy (non-hydrogen) atoms. The number of allylic oxidation sites excluding steroid dienone is 1. The van der Waals surface area contributed by atoms with Crippen LogP contribution in [-0.4, -0.2) is 35.5 Å². The number of hydrogen-bond donors (Lipinski definition) is 1. The van der Waals surface area contributed by atoms with Gasteiger partial charge in [0.15, 0.2) is 0 Å². The van der Waals surface area contributed by atoms with Gasteiger partial charge in [0.2, 0.25) is 0 Å². The van der Waals surface area contributed by atoms with Crippen molar-refractivity contribution < 1.29 is 14.6 Å². The number of hydrogen-bond acceptors (Lipinski definition) is 4. The van der Waals surface area contributed by atoms with Gasteiger partial charge in [-0.2, -0.15) is 0 Å². The number of rotatable bonds is 2. The van der Waals surface area contributed by atoms with Crippen LogP contribution in [0.2, 0.25) is 0 Å². The fraction of sp³-hybridized carbons (Fsp3) is 0.667. The Morgan fingerprint density at radius 1 is 1.14 bits per heavy atom. The molecule has 1 aliphatic heterocycles. The Kier molecular flexibility index (Phi) is 5.07. The van der Waals surface area contributed by atoms with E-state index in [0.717, 1.165) is 41.0 Å². The summed E-state index contributed by atoms with van der Waals surface area (Å²) in [5, 5.41) is 10.1. The number of aliphatic hydroxyl groups is 1. The van der Waals surface area contributed by atoms with Crippen LogP contribution < -0.4 is 0 Å². The van der Waals surface area contributed by atoms with Crippen molar-refractivity contribution in [3.05, 3.63) is 21.7 Å². The summed E-state index contributed by atoms with van der Waals surface area (Å²) in [5.41, 5.74) is 0.975. The molecular formula is C15H19Br2NO3. The molecule has 0 amide bonds. The standard InChI is InChI=1S/C15H19Br2NO3/c16-10-1-2-13(19)9(5-10)8-18-12-7-15-14(6-11(12)17)20-3-4-21-15/h8-10,13,19H,1-7H2. The maximum absolute atomic E-state index is 10.1. The molecule has 3 aliphatic rings. The molecule has 1 N–H and O–H groups in total. The predicted molar refractivity (Wildman–Crippen MR) is 88.7 cm³/mol. The number of aliphatic hydroxyl groups excluding tert-OH is 1. The van der Waals surface area contributed by atoms with Crippen molar-refractivity contribution in [1.29, 1.82) is 0 Å². The molecule has 0 aromatic heterocycles. The van der Waals surface area contributed by atoms with E-state index >= 15 is 0 Å². The molecule has 3 unspecified atom stereocenters. The molecule has 6 heteroatoms. The fourth-order valence-electron chi connectivity index (χ4n) is 2.88. The molecule has 0 bridgehead atoms. The van der Waals surface area contributed by atoms with Crippen LogP contribution in [0.1, 0.15) is 32.1 Å². The molecule has 0 radical (unpaired) electrons. The molecule has 1 heterocycles. The molecule has 1 saturated carbocycles. The number of aliphatic imine (C=N–C) groups is 1. The van der Waals surface area contributed by atoms with Gasteiger partial charge in [0, 0.05) is 27.9 Å². The molecular weight excluding hydrogens is 402 g/mol. The van der Waals surface area contributed by atoms with Crippen molar-refractivity contribution in [3.63, 3.8) is 0 Å². The summed E-state index contributed by atoms with van der Waals surface area (Å²) in [7, 11) is 0. The van der Waals surface area contributed by atoms with E-state index in [1.165, 1.54) is 0 Å². The number of ether oxygens (including phenoxy) is 2. The van der Waals surface area contributed by atoms with Crippen LogP contribution >= 0.6 is 31.9 Å². The quantitative estimate of drug-likeness (QED) is 0.548. The van der Waals surface area contributed by atoms with E-state index in [9.17, 15) is 5.11 Å². The van der Waals surface area contributed by atoms with Crippen LogP contribution in [0.4, 0.5) is 0 Å². The van der Waals surface area contributed by atoms with Crippen molar-refractivity contribution >= 4 is 38.1 Å². The molecule has 0 spiro atoms. The molecule has 2 aliphatic carbocycles. The van der Waals surface area contributed by atoms with Gasteiger partial charge in [-0.1, -0.05) is 31.9 Å². The lowest BCUT2D eigenvalue weighted by Crippen LogP contribution is -2.30. The van der Waals surface area contributed by atoms with Crippen LogP contribution in [0.15, 0.2) is 26.7 Å². The van der Waals surface area contributed by atoms with Crippen LogP contribution in [0.5, 0.6) is 0 Å². The minimum atomic E-state index is -0.283. The van der Waals surface area contributed by atoms with E-state index < -0.39 is 0 Å². The fourth-order valence-corrected chi connectivity index (χ4v) is 4.07. The zero-order valence-corrected chi connectivity index (χ0v) is 14.9. The number of alkyl halides is 1. The van der Waals surface area contributed by atoms with Crippen molar-refractivity contribution in [2.45, 2.75) is 43.0 Å². The summed E-state index contributed by atoms with van der Waals surface area (Å²) in [6, 6.07) is 0. The monoisotopic (exact) mass is 419 g/mol. The van der Waals surface area contributed by atoms with Gasteiger partial charge in [-0.3, -0.25) is 4.99 Å². The lowest BCUT2D eigenvalue weighted by Gasteiger charge is -2.29. The second-order valence-corrected chi connectivity index (χ2v) is 7.92. The SMILES string of the molecule is OC1CCC(Br)CC1C=NC1=C(Br)CC2=C(C1)OCCO2. The minimum Gasteiger partial charge on any atom is -0.490 e.